The van der Waals surface area contributed by atoms with Gasteiger partial charge in [0, 0.05) is 36.2 Å². The van der Waals surface area contributed by atoms with E-state index in [2.05, 4.69) is 41.1 Å². The number of nitrogens with one attached hydrogen (secondary N) is 1. The van der Waals surface area contributed by atoms with Crippen molar-refractivity contribution in [1.82, 2.24) is 9.88 Å². The van der Waals surface area contributed by atoms with Crippen molar-refractivity contribution in [3.05, 3.63) is 35.5 Å². The predicted octanol–water partition coefficient (Wildman–Crippen LogP) is 3.72. The second kappa shape index (κ2) is 4.11. The summed E-state index contributed by atoms with van der Waals surface area (Å²) in [5.74, 6) is 0. The Balaban J connectivity index is 1.59. The summed E-state index contributed by atoms with van der Waals surface area (Å²) < 4.78 is 0. The Morgan fingerprint density at radius 3 is 2.89 bits per heavy atom. The number of hydrogen-bond acceptors (Lipinski definition) is 1. The number of aromatic nitrogens is 1. The topological polar surface area (TPSA) is 19.0 Å². The normalized spacial score (nSPS) is 22.2. The van der Waals surface area contributed by atoms with Crippen molar-refractivity contribution in [2.24, 2.45) is 5.41 Å². The van der Waals surface area contributed by atoms with Gasteiger partial charge in [0.25, 0.3) is 0 Å². The number of hydrogen-bond donors (Lipinski definition) is 1. The fourth-order valence-corrected chi connectivity index (χ4v) is 3.86. The molecule has 2 aromatic rings. The van der Waals surface area contributed by atoms with Crippen LogP contribution in [0.25, 0.3) is 10.9 Å². The fourth-order valence-electron chi connectivity index (χ4n) is 3.86. The standard InChI is InChI=1S/C17H22N2/c1-17(8-4-9-17)12-19-10-7-14-13-5-2-3-6-15(13)18-16(14)11-19/h2-3,5-6,18H,4,7-12H2,1H3. The first-order chi connectivity index (χ1) is 9.23. The van der Waals surface area contributed by atoms with Crippen molar-refractivity contribution >= 4 is 10.9 Å². The summed E-state index contributed by atoms with van der Waals surface area (Å²) in [6, 6.07) is 8.73. The van der Waals surface area contributed by atoms with E-state index in [0.717, 1.165) is 6.54 Å². The number of benzene rings is 1. The van der Waals surface area contributed by atoms with Crippen LogP contribution in [0.4, 0.5) is 0 Å². The molecule has 2 heterocycles. The number of aromatic amines is 1. The second-order valence-electron chi connectivity index (χ2n) is 6.75. The van der Waals surface area contributed by atoms with Crippen LogP contribution in [-0.4, -0.2) is 23.0 Å². The van der Waals surface area contributed by atoms with Crippen molar-refractivity contribution in [3.8, 4) is 0 Å². The molecule has 2 aliphatic rings. The minimum atomic E-state index is 0.601. The Morgan fingerprint density at radius 1 is 1.26 bits per heavy atom. The van der Waals surface area contributed by atoms with Crippen molar-refractivity contribution in [1.29, 1.82) is 0 Å². The van der Waals surface area contributed by atoms with Gasteiger partial charge in [0.05, 0.1) is 0 Å². The summed E-state index contributed by atoms with van der Waals surface area (Å²) >= 11 is 0. The first-order valence-electron chi connectivity index (χ1n) is 7.54. The van der Waals surface area contributed by atoms with Crippen LogP contribution in [0, 0.1) is 5.41 Å². The van der Waals surface area contributed by atoms with Gasteiger partial charge in [0.1, 0.15) is 0 Å². The third-order valence-corrected chi connectivity index (χ3v) is 5.13. The van der Waals surface area contributed by atoms with E-state index in [1.54, 1.807) is 5.56 Å². The molecule has 1 aliphatic carbocycles. The van der Waals surface area contributed by atoms with Crippen LogP contribution in [0.3, 0.4) is 0 Å². The van der Waals surface area contributed by atoms with Gasteiger partial charge >= 0.3 is 0 Å². The molecule has 1 N–H and O–H groups in total. The molecule has 0 radical (unpaired) electrons. The minimum Gasteiger partial charge on any atom is -0.357 e. The van der Waals surface area contributed by atoms with E-state index in [1.807, 2.05) is 0 Å². The molecular weight excluding hydrogens is 232 g/mol. The SMILES string of the molecule is CC1(CN2CCc3c([nH]c4ccccc34)C2)CCC1. The third kappa shape index (κ3) is 1.90. The lowest BCUT2D eigenvalue weighted by Gasteiger charge is -2.43. The molecule has 4 rings (SSSR count). The quantitative estimate of drug-likeness (QED) is 0.865. The first kappa shape index (κ1) is 11.5. The number of fused-ring (bicyclic) bond motifs is 3. The largest absolute Gasteiger partial charge is 0.357 e. The number of para-hydroxylation sites is 1. The summed E-state index contributed by atoms with van der Waals surface area (Å²) in [5.41, 5.74) is 4.92. The molecule has 100 valence electrons. The molecule has 0 bridgehead atoms. The molecule has 1 aromatic heterocycles. The maximum atomic E-state index is 3.63. The zero-order chi connectivity index (χ0) is 12.9. The number of H-pyrrole nitrogens is 1. The number of rotatable bonds is 2. The van der Waals surface area contributed by atoms with E-state index < -0.39 is 0 Å². The summed E-state index contributed by atoms with van der Waals surface area (Å²) in [6.07, 6.45) is 5.48. The van der Waals surface area contributed by atoms with Crippen LogP contribution in [0.5, 0.6) is 0 Å². The zero-order valence-corrected chi connectivity index (χ0v) is 11.7. The average Bonchev–Trinajstić information content (AvgIpc) is 2.74. The molecular formula is C17H22N2. The average molecular weight is 254 g/mol. The van der Waals surface area contributed by atoms with Crippen LogP contribution in [-0.2, 0) is 13.0 Å². The fraction of sp³-hybridized carbons (Fsp3) is 0.529. The predicted molar refractivity (Wildman–Crippen MR) is 79.2 cm³/mol. The molecule has 0 atom stereocenters. The van der Waals surface area contributed by atoms with Crippen LogP contribution in [0.2, 0.25) is 0 Å². The molecule has 2 heteroatoms. The van der Waals surface area contributed by atoms with Gasteiger partial charge in [-0.15, -0.1) is 0 Å². The lowest BCUT2D eigenvalue weighted by atomic mass is 9.70. The van der Waals surface area contributed by atoms with Crippen LogP contribution < -0.4 is 0 Å². The smallest absolute Gasteiger partial charge is 0.0459 e. The first-order valence-corrected chi connectivity index (χ1v) is 7.54. The molecule has 2 nitrogen and oxygen atoms in total. The molecule has 1 aliphatic heterocycles. The third-order valence-electron chi connectivity index (χ3n) is 5.13. The summed E-state index contributed by atoms with van der Waals surface area (Å²) in [7, 11) is 0. The van der Waals surface area contributed by atoms with Crippen molar-refractivity contribution in [2.45, 2.75) is 39.2 Å². The van der Waals surface area contributed by atoms with Crippen molar-refractivity contribution in [3.63, 3.8) is 0 Å². The maximum absolute atomic E-state index is 3.63. The molecule has 0 unspecified atom stereocenters. The Hall–Kier alpha value is -1.28. The zero-order valence-electron chi connectivity index (χ0n) is 11.7. The minimum absolute atomic E-state index is 0.601. The van der Waals surface area contributed by atoms with Gasteiger partial charge in [-0.05, 0) is 36.3 Å². The Morgan fingerprint density at radius 2 is 2.11 bits per heavy atom. The molecule has 19 heavy (non-hydrogen) atoms. The van der Waals surface area contributed by atoms with E-state index in [1.165, 1.54) is 55.4 Å². The molecule has 1 saturated carbocycles. The van der Waals surface area contributed by atoms with E-state index in [9.17, 15) is 0 Å². The highest BCUT2D eigenvalue weighted by Crippen LogP contribution is 2.41. The Bertz CT molecular complexity index is 607. The van der Waals surface area contributed by atoms with Gasteiger partial charge < -0.3 is 4.98 Å². The van der Waals surface area contributed by atoms with Gasteiger partial charge in [0.2, 0.25) is 0 Å². The number of nitrogens with zero attached hydrogens (tertiary/aromatic N) is 1. The maximum Gasteiger partial charge on any atom is 0.0459 e. The summed E-state index contributed by atoms with van der Waals surface area (Å²) in [5, 5.41) is 1.44. The van der Waals surface area contributed by atoms with E-state index in [4.69, 9.17) is 0 Å². The van der Waals surface area contributed by atoms with Crippen LogP contribution in [0.1, 0.15) is 37.4 Å². The highest BCUT2D eigenvalue weighted by Gasteiger charge is 2.34. The molecule has 0 amide bonds. The summed E-state index contributed by atoms with van der Waals surface area (Å²) in [4.78, 5) is 6.28. The van der Waals surface area contributed by atoms with E-state index >= 15 is 0 Å². The van der Waals surface area contributed by atoms with Gasteiger partial charge in [-0.25, -0.2) is 0 Å². The monoisotopic (exact) mass is 254 g/mol. The molecule has 1 aromatic carbocycles. The van der Waals surface area contributed by atoms with Gasteiger partial charge in [-0.3, -0.25) is 4.90 Å². The lowest BCUT2D eigenvalue weighted by molar-refractivity contribution is 0.0775. The molecule has 1 fully saturated rings. The van der Waals surface area contributed by atoms with Gasteiger partial charge in [0.15, 0.2) is 0 Å². The van der Waals surface area contributed by atoms with Crippen LogP contribution >= 0.6 is 0 Å². The Labute approximate surface area is 114 Å². The van der Waals surface area contributed by atoms with Gasteiger partial charge in [-0.2, -0.15) is 0 Å². The molecule has 0 saturated heterocycles. The van der Waals surface area contributed by atoms with Crippen LogP contribution in [0.15, 0.2) is 24.3 Å². The van der Waals surface area contributed by atoms with E-state index in [0.29, 0.717) is 5.41 Å². The van der Waals surface area contributed by atoms with Gasteiger partial charge in [-0.1, -0.05) is 31.5 Å². The molecule has 0 spiro atoms. The van der Waals surface area contributed by atoms with Crippen molar-refractivity contribution in [2.75, 3.05) is 13.1 Å². The highest BCUT2D eigenvalue weighted by atomic mass is 15.1. The second-order valence-corrected chi connectivity index (χ2v) is 6.75. The van der Waals surface area contributed by atoms with Crippen molar-refractivity contribution < 1.29 is 0 Å². The summed E-state index contributed by atoms with van der Waals surface area (Å²) in [6.45, 7) is 6.07. The highest BCUT2D eigenvalue weighted by molar-refractivity contribution is 5.84. The lowest BCUT2D eigenvalue weighted by Crippen LogP contribution is -2.42. The van der Waals surface area contributed by atoms with E-state index in [-0.39, 0.29) is 0 Å². The Kier molecular flexibility index (Phi) is 2.49.